The highest BCUT2D eigenvalue weighted by Gasteiger charge is 2.32. The van der Waals surface area contributed by atoms with Gasteiger partial charge >= 0.3 is 0 Å². The van der Waals surface area contributed by atoms with Crippen LogP contribution in [0.15, 0.2) is 47.5 Å². The number of Topliss-reactive ketones (excluding diaryl/α,β-unsaturated/α-hetero) is 1. The first-order valence-corrected chi connectivity index (χ1v) is 8.08. The number of hydrogen-bond acceptors (Lipinski definition) is 4. The largest absolute Gasteiger partial charge is 0.294 e. The summed E-state index contributed by atoms with van der Waals surface area (Å²) in [7, 11) is -3.76. The molecule has 0 amide bonds. The number of halogens is 1. The van der Waals surface area contributed by atoms with Crippen molar-refractivity contribution in [3.63, 3.8) is 0 Å². The molecular weight excluding hydrogens is 312 g/mol. The van der Waals surface area contributed by atoms with Crippen LogP contribution in [0.25, 0.3) is 0 Å². The number of benzene rings is 1. The molecule has 0 atom stereocenters. The van der Waals surface area contributed by atoms with Crippen LogP contribution in [-0.2, 0) is 10.0 Å². The van der Waals surface area contributed by atoms with Crippen molar-refractivity contribution in [1.82, 2.24) is 4.98 Å². The van der Waals surface area contributed by atoms with E-state index in [-0.39, 0.29) is 28.8 Å². The topological polar surface area (TPSA) is 67.3 Å². The van der Waals surface area contributed by atoms with Crippen molar-refractivity contribution in [2.24, 2.45) is 0 Å². The molecule has 0 fully saturated rings. The first-order valence-electron chi connectivity index (χ1n) is 6.27. The van der Waals surface area contributed by atoms with E-state index in [1.54, 1.807) is 24.3 Å². The molecule has 21 heavy (non-hydrogen) atoms. The highest BCUT2D eigenvalue weighted by atomic mass is 35.5. The third kappa shape index (κ3) is 2.41. The molecule has 7 heteroatoms. The zero-order chi connectivity index (χ0) is 15.0. The number of pyridine rings is 1. The fraction of sp³-hybridized carbons (Fsp3) is 0.143. The van der Waals surface area contributed by atoms with Crippen LogP contribution in [0.3, 0.4) is 0 Å². The van der Waals surface area contributed by atoms with Gasteiger partial charge in [0.1, 0.15) is 10.0 Å². The summed E-state index contributed by atoms with van der Waals surface area (Å²) in [6.45, 7) is 0.126. The van der Waals surface area contributed by atoms with Gasteiger partial charge in [-0.05, 0) is 24.3 Å². The second-order valence-electron chi connectivity index (χ2n) is 4.58. The Morgan fingerprint density at radius 3 is 2.62 bits per heavy atom. The number of aromatic nitrogens is 1. The van der Waals surface area contributed by atoms with Gasteiger partial charge in [-0.2, -0.15) is 0 Å². The minimum absolute atomic E-state index is 0.0497. The summed E-state index contributed by atoms with van der Waals surface area (Å²) in [5, 5.41) is 0.225. The van der Waals surface area contributed by atoms with Crippen molar-refractivity contribution in [3.8, 4) is 0 Å². The van der Waals surface area contributed by atoms with Gasteiger partial charge in [0.25, 0.3) is 10.0 Å². The number of fused-ring (bicyclic) bond motifs is 1. The monoisotopic (exact) mass is 322 g/mol. The number of anilines is 1. The number of carbonyl (C=O) groups is 1. The third-order valence-corrected chi connectivity index (χ3v) is 5.32. The van der Waals surface area contributed by atoms with E-state index in [2.05, 4.69) is 4.98 Å². The van der Waals surface area contributed by atoms with Crippen LogP contribution < -0.4 is 4.31 Å². The molecule has 0 spiro atoms. The maximum Gasteiger partial charge on any atom is 0.265 e. The predicted molar refractivity (Wildman–Crippen MR) is 79.2 cm³/mol. The zero-order valence-corrected chi connectivity index (χ0v) is 12.4. The second-order valence-corrected chi connectivity index (χ2v) is 6.83. The number of sulfonamides is 1. The van der Waals surface area contributed by atoms with Gasteiger partial charge in [0, 0.05) is 24.7 Å². The lowest BCUT2D eigenvalue weighted by molar-refractivity contribution is 0.0982. The maximum atomic E-state index is 12.7. The molecule has 0 N–H and O–H groups in total. The van der Waals surface area contributed by atoms with Crippen molar-refractivity contribution in [2.75, 3.05) is 10.8 Å². The quantitative estimate of drug-likeness (QED) is 0.797. The molecule has 1 aliphatic heterocycles. The average Bonchev–Trinajstić information content (AvgIpc) is 2.48. The molecule has 5 nitrogen and oxygen atoms in total. The van der Waals surface area contributed by atoms with E-state index in [0.717, 1.165) is 0 Å². The van der Waals surface area contributed by atoms with Gasteiger partial charge in [-0.25, -0.2) is 13.4 Å². The molecule has 108 valence electrons. The van der Waals surface area contributed by atoms with Gasteiger partial charge in [0.15, 0.2) is 5.78 Å². The van der Waals surface area contributed by atoms with Crippen LogP contribution >= 0.6 is 11.6 Å². The zero-order valence-electron chi connectivity index (χ0n) is 10.9. The van der Waals surface area contributed by atoms with Crippen molar-refractivity contribution < 1.29 is 13.2 Å². The van der Waals surface area contributed by atoms with E-state index in [4.69, 9.17) is 11.6 Å². The van der Waals surface area contributed by atoms with E-state index < -0.39 is 10.0 Å². The molecule has 3 rings (SSSR count). The molecule has 0 saturated carbocycles. The average molecular weight is 323 g/mol. The summed E-state index contributed by atoms with van der Waals surface area (Å²) in [5.74, 6) is -0.0497. The lowest BCUT2D eigenvalue weighted by Crippen LogP contribution is -2.37. The number of para-hydroxylation sites is 1. The molecule has 2 aromatic rings. The summed E-state index contributed by atoms with van der Waals surface area (Å²) >= 11 is 5.68. The van der Waals surface area contributed by atoms with Crippen LogP contribution in [0.5, 0.6) is 0 Å². The molecular formula is C14H11ClN2O3S. The Bertz CT molecular complexity index is 803. The SMILES string of the molecule is O=C1CCN(S(=O)(=O)c2ccc(Cl)nc2)c2ccccc21. The Kier molecular flexibility index (Phi) is 3.43. The molecule has 2 heterocycles. The van der Waals surface area contributed by atoms with E-state index in [1.165, 1.54) is 22.6 Å². The number of nitrogens with zero attached hydrogens (tertiary/aromatic N) is 2. The Balaban J connectivity index is 2.10. The molecule has 1 aliphatic rings. The van der Waals surface area contributed by atoms with E-state index >= 15 is 0 Å². The van der Waals surface area contributed by atoms with E-state index in [1.807, 2.05) is 0 Å². The van der Waals surface area contributed by atoms with Crippen molar-refractivity contribution in [2.45, 2.75) is 11.3 Å². The highest BCUT2D eigenvalue weighted by molar-refractivity contribution is 7.92. The number of carbonyl (C=O) groups excluding carboxylic acids is 1. The second kappa shape index (κ2) is 5.13. The number of hydrogen-bond donors (Lipinski definition) is 0. The highest BCUT2D eigenvalue weighted by Crippen LogP contribution is 2.31. The van der Waals surface area contributed by atoms with Crippen LogP contribution in [0.1, 0.15) is 16.8 Å². The molecule has 0 saturated heterocycles. The summed E-state index contributed by atoms with van der Waals surface area (Å²) in [5.41, 5.74) is 0.831. The lowest BCUT2D eigenvalue weighted by atomic mass is 10.0. The van der Waals surface area contributed by atoms with Crippen molar-refractivity contribution in [3.05, 3.63) is 53.3 Å². The van der Waals surface area contributed by atoms with Gasteiger partial charge in [-0.3, -0.25) is 9.10 Å². The van der Waals surface area contributed by atoms with Crippen LogP contribution in [0.4, 0.5) is 5.69 Å². The number of ketones is 1. The van der Waals surface area contributed by atoms with Crippen LogP contribution in [-0.4, -0.2) is 25.7 Å². The Morgan fingerprint density at radius 2 is 1.90 bits per heavy atom. The van der Waals surface area contributed by atoms with Gasteiger partial charge in [0.2, 0.25) is 0 Å². The molecule has 0 radical (unpaired) electrons. The van der Waals surface area contributed by atoms with Gasteiger partial charge < -0.3 is 0 Å². The molecule has 0 aliphatic carbocycles. The van der Waals surface area contributed by atoms with Crippen LogP contribution in [0.2, 0.25) is 5.15 Å². The fourth-order valence-corrected chi connectivity index (χ4v) is 3.82. The minimum Gasteiger partial charge on any atom is -0.294 e. The normalized spacial score (nSPS) is 14.9. The first kappa shape index (κ1) is 14.0. The Hall–Kier alpha value is -1.92. The predicted octanol–water partition coefficient (Wildman–Crippen LogP) is 2.52. The molecule has 1 aromatic heterocycles. The van der Waals surface area contributed by atoms with Gasteiger partial charge in [-0.1, -0.05) is 23.7 Å². The summed E-state index contributed by atoms with van der Waals surface area (Å²) in [4.78, 5) is 15.7. The third-order valence-electron chi connectivity index (χ3n) is 3.30. The fourth-order valence-electron chi connectivity index (χ4n) is 2.28. The van der Waals surface area contributed by atoms with E-state index in [0.29, 0.717) is 11.3 Å². The standard InChI is InChI=1S/C14H11ClN2O3S/c15-14-6-5-10(9-16-14)21(19,20)17-8-7-13(18)11-3-1-2-4-12(11)17/h1-6,9H,7-8H2. The van der Waals surface area contributed by atoms with Gasteiger partial charge in [0.05, 0.1) is 5.69 Å². The maximum absolute atomic E-state index is 12.7. The molecule has 0 bridgehead atoms. The van der Waals surface area contributed by atoms with Crippen LogP contribution in [0, 0.1) is 0 Å². The summed E-state index contributed by atoms with van der Waals surface area (Å²) < 4.78 is 26.6. The Labute approximate surface area is 127 Å². The summed E-state index contributed by atoms with van der Waals surface area (Å²) in [6, 6.07) is 9.53. The number of rotatable bonds is 2. The molecule has 1 aromatic carbocycles. The summed E-state index contributed by atoms with van der Waals surface area (Å²) in [6.07, 6.45) is 1.38. The van der Waals surface area contributed by atoms with Crippen molar-refractivity contribution >= 4 is 33.1 Å². The minimum atomic E-state index is -3.76. The lowest BCUT2D eigenvalue weighted by Gasteiger charge is -2.29. The first-order chi connectivity index (χ1) is 10.00. The van der Waals surface area contributed by atoms with Crippen molar-refractivity contribution in [1.29, 1.82) is 0 Å². The Morgan fingerprint density at radius 1 is 1.14 bits per heavy atom. The van der Waals surface area contributed by atoms with Gasteiger partial charge in [-0.15, -0.1) is 0 Å². The molecule has 0 unspecified atom stereocenters. The smallest absolute Gasteiger partial charge is 0.265 e. The van der Waals surface area contributed by atoms with E-state index in [9.17, 15) is 13.2 Å².